The molecule has 6 nitrogen and oxygen atoms in total. The number of benzene rings is 2. The molecule has 0 fully saturated rings. The van der Waals surface area contributed by atoms with Crippen LogP contribution in [0.1, 0.15) is 58.2 Å². The van der Waals surface area contributed by atoms with E-state index in [4.69, 9.17) is 0 Å². The number of hydrogen-bond acceptors (Lipinski definition) is 3. The molecular formula is C27H29N3O3. The van der Waals surface area contributed by atoms with E-state index in [9.17, 15) is 14.7 Å². The van der Waals surface area contributed by atoms with Gasteiger partial charge in [-0.3, -0.25) is 9.59 Å². The van der Waals surface area contributed by atoms with Crippen molar-refractivity contribution in [3.05, 3.63) is 98.6 Å². The van der Waals surface area contributed by atoms with E-state index in [-0.39, 0.29) is 29.8 Å². The molecule has 6 heteroatoms. The fourth-order valence-corrected chi connectivity index (χ4v) is 4.40. The minimum absolute atomic E-state index is 0.0330. The summed E-state index contributed by atoms with van der Waals surface area (Å²) in [7, 11) is 0. The van der Waals surface area contributed by atoms with E-state index >= 15 is 0 Å². The first-order valence-corrected chi connectivity index (χ1v) is 11.1. The van der Waals surface area contributed by atoms with Crippen molar-refractivity contribution in [1.82, 2.24) is 14.9 Å². The summed E-state index contributed by atoms with van der Waals surface area (Å²) in [6.45, 7) is 8.01. The Morgan fingerprint density at radius 1 is 1.12 bits per heavy atom. The number of pyridine rings is 1. The van der Waals surface area contributed by atoms with E-state index in [1.165, 1.54) is 6.07 Å². The lowest BCUT2D eigenvalue weighted by molar-refractivity contribution is 0.0952. The highest BCUT2D eigenvalue weighted by molar-refractivity contribution is 6.08. The highest BCUT2D eigenvalue weighted by Gasteiger charge is 2.19. The van der Waals surface area contributed by atoms with Crippen molar-refractivity contribution in [2.75, 3.05) is 0 Å². The van der Waals surface area contributed by atoms with Crippen LogP contribution in [0.4, 0.5) is 0 Å². The number of nitrogens with one attached hydrogen (secondary N) is 2. The summed E-state index contributed by atoms with van der Waals surface area (Å²) in [5, 5.41) is 14.0. The number of phenols is 1. The molecule has 0 atom stereocenters. The van der Waals surface area contributed by atoms with Gasteiger partial charge in [0.05, 0.1) is 11.1 Å². The number of carbonyl (C=O) groups is 1. The van der Waals surface area contributed by atoms with E-state index in [2.05, 4.69) is 24.1 Å². The zero-order valence-electron chi connectivity index (χ0n) is 19.4. The average molecular weight is 444 g/mol. The Kier molecular flexibility index (Phi) is 6.09. The minimum Gasteiger partial charge on any atom is -0.508 e. The summed E-state index contributed by atoms with van der Waals surface area (Å²) in [6.07, 6.45) is 2.59. The molecule has 4 aromatic rings. The molecule has 0 aliphatic heterocycles. The van der Waals surface area contributed by atoms with Crippen molar-refractivity contribution >= 4 is 16.8 Å². The summed E-state index contributed by atoms with van der Waals surface area (Å²) in [4.78, 5) is 28.8. The monoisotopic (exact) mass is 443 g/mol. The second-order valence-corrected chi connectivity index (χ2v) is 8.83. The number of aromatic hydroxyl groups is 1. The maximum absolute atomic E-state index is 13.2. The van der Waals surface area contributed by atoms with Gasteiger partial charge in [0.1, 0.15) is 5.75 Å². The van der Waals surface area contributed by atoms with E-state index in [1.807, 2.05) is 61.0 Å². The Bertz CT molecular complexity index is 1380. The summed E-state index contributed by atoms with van der Waals surface area (Å²) >= 11 is 0. The lowest BCUT2D eigenvalue weighted by Gasteiger charge is -2.13. The van der Waals surface area contributed by atoms with Crippen LogP contribution >= 0.6 is 0 Å². The van der Waals surface area contributed by atoms with E-state index in [1.54, 1.807) is 6.07 Å². The van der Waals surface area contributed by atoms with Gasteiger partial charge in [0.15, 0.2) is 0 Å². The number of amides is 1. The van der Waals surface area contributed by atoms with Crippen LogP contribution in [0.3, 0.4) is 0 Å². The molecule has 3 N–H and O–H groups in total. The SMILES string of the molecule is Cc1cc(Cc2ccccc2)c(CNC(=O)c2cc(O)cc3c2c(C)cn3C(C)C)c(=O)[nH]1. The van der Waals surface area contributed by atoms with Crippen molar-refractivity contribution in [2.24, 2.45) is 0 Å². The molecular weight excluding hydrogens is 414 g/mol. The lowest BCUT2D eigenvalue weighted by Crippen LogP contribution is -2.28. The largest absolute Gasteiger partial charge is 0.508 e. The Morgan fingerprint density at radius 2 is 1.85 bits per heavy atom. The van der Waals surface area contributed by atoms with Gasteiger partial charge in [-0.15, -0.1) is 0 Å². The molecule has 0 saturated heterocycles. The first kappa shape index (κ1) is 22.4. The first-order valence-electron chi connectivity index (χ1n) is 11.1. The first-order chi connectivity index (χ1) is 15.7. The predicted molar refractivity (Wildman–Crippen MR) is 131 cm³/mol. The molecule has 0 spiro atoms. The molecule has 4 rings (SSSR count). The van der Waals surface area contributed by atoms with Crippen LogP contribution < -0.4 is 10.9 Å². The molecule has 0 aliphatic carbocycles. The number of aromatic nitrogens is 2. The third kappa shape index (κ3) is 4.55. The zero-order valence-corrected chi connectivity index (χ0v) is 19.4. The van der Waals surface area contributed by atoms with Crippen LogP contribution in [0, 0.1) is 13.8 Å². The van der Waals surface area contributed by atoms with Crippen molar-refractivity contribution in [1.29, 1.82) is 0 Å². The van der Waals surface area contributed by atoms with Gasteiger partial charge in [-0.25, -0.2) is 0 Å². The molecule has 1 amide bonds. The number of H-pyrrole nitrogens is 1. The highest BCUT2D eigenvalue weighted by Crippen LogP contribution is 2.31. The summed E-state index contributed by atoms with van der Waals surface area (Å²) in [5.74, 6) is -0.295. The Morgan fingerprint density at radius 3 is 2.55 bits per heavy atom. The Labute approximate surface area is 192 Å². The normalized spacial score (nSPS) is 11.3. The Balaban J connectivity index is 1.66. The number of hydrogen-bond donors (Lipinski definition) is 3. The van der Waals surface area contributed by atoms with Crippen LogP contribution in [0.15, 0.2) is 59.5 Å². The third-order valence-corrected chi connectivity index (χ3v) is 5.93. The number of phenolic OH excluding ortho intramolecular Hbond substituents is 1. The predicted octanol–water partition coefficient (Wildman–Crippen LogP) is 4.75. The molecule has 170 valence electrons. The lowest BCUT2D eigenvalue weighted by atomic mass is 10.00. The smallest absolute Gasteiger partial charge is 0.253 e. The summed E-state index contributed by atoms with van der Waals surface area (Å²) in [5.41, 5.74) is 5.25. The molecule has 0 aliphatic rings. The molecule has 0 saturated carbocycles. The molecule has 0 unspecified atom stereocenters. The van der Waals surface area contributed by atoms with Gasteiger partial charge in [-0.05, 0) is 62.9 Å². The van der Waals surface area contributed by atoms with Crippen LogP contribution in [0.2, 0.25) is 0 Å². The molecule has 2 aromatic carbocycles. The van der Waals surface area contributed by atoms with Crippen molar-refractivity contribution in [3.63, 3.8) is 0 Å². The van der Waals surface area contributed by atoms with Gasteiger partial charge in [0.25, 0.3) is 11.5 Å². The number of fused-ring (bicyclic) bond motifs is 1. The van der Waals surface area contributed by atoms with Crippen molar-refractivity contribution in [2.45, 2.75) is 46.7 Å². The fraction of sp³-hybridized carbons (Fsp3) is 0.259. The highest BCUT2D eigenvalue weighted by atomic mass is 16.3. The molecule has 33 heavy (non-hydrogen) atoms. The third-order valence-electron chi connectivity index (χ3n) is 5.93. The van der Waals surface area contributed by atoms with Gasteiger partial charge in [0.2, 0.25) is 0 Å². The Hall–Kier alpha value is -3.80. The maximum Gasteiger partial charge on any atom is 0.253 e. The molecule has 0 bridgehead atoms. The molecule has 2 heterocycles. The maximum atomic E-state index is 13.2. The number of aromatic amines is 1. The van der Waals surface area contributed by atoms with Gasteiger partial charge in [0, 0.05) is 41.5 Å². The summed E-state index contributed by atoms with van der Waals surface area (Å²) < 4.78 is 2.05. The van der Waals surface area contributed by atoms with Gasteiger partial charge >= 0.3 is 0 Å². The van der Waals surface area contributed by atoms with Crippen LogP contribution in [-0.2, 0) is 13.0 Å². The molecule has 2 aromatic heterocycles. The second-order valence-electron chi connectivity index (χ2n) is 8.83. The standard InChI is InChI=1S/C27H29N3O3/c1-16(2)30-15-17(3)25-22(12-21(31)13-24(25)30)26(32)28-14-23-20(10-18(4)29-27(23)33)11-19-8-6-5-7-9-19/h5-10,12-13,15-16,31H,11,14H2,1-4H3,(H,28,32)(H,29,33). The van der Waals surface area contributed by atoms with E-state index in [0.29, 0.717) is 17.5 Å². The minimum atomic E-state index is -0.328. The van der Waals surface area contributed by atoms with Crippen molar-refractivity contribution in [3.8, 4) is 5.75 Å². The van der Waals surface area contributed by atoms with Crippen LogP contribution in [0.5, 0.6) is 5.75 Å². The number of aryl methyl sites for hydroxylation is 2. The van der Waals surface area contributed by atoms with Gasteiger partial charge < -0.3 is 20.0 Å². The van der Waals surface area contributed by atoms with Crippen LogP contribution in [0.25, 0.3) is 10.9 Å². The number of rotatable bonds is 6. The van der Waals surface area contributed by atoms with Crippen molar-refractivity contribution < 1.29 is 9.90 Å². The van der Waals surface area contributed by atoms with Gasteiger partial charge in [-0.2, -0.15) is 0 Å². The number of nitrogens with zero attached hydrogens (tertiary/aromatic N) is 1. The van der Waals surface area contributed by atoms with Crippen LogP contribution in [-0.4, -0.2) is 20.6 Å². The molecule has 0 radical (unpaired) electrons. The van der Waals surface area contributed by atoms with E-state index in [0.717, 1.165) is 33.3 Å². The van der Waals surface area contributed by atoms with E-state index < -0.39 is 0 Å². The van der Waals surface area contributed by atoms with Gasteiger partial charge in [-0.1, -0.05) is 30.3 Å². The number of carbonyl (C=O) groups excluding carboxylic acids is 1. The fourth-order valence-electron chi connectivity index (χ4n) is 4.40. The summed E-state index contributed by atoms with van der Waals surface area (Å²) in [6, 6.07) is 15.2. The topological polar surface area (TPSA) is 87.1 Å². The zero-order chi connectivity index (χ0) is 23.7. The average Bonchev–Trinajstić information content (AvgIpc) is 3.09. The quantitative estimate of drug-likeness (QED) is 0.402. The second kappa shape index (κ2) is 8.98.